The van der Waals surface area contributed by atoms with Gasteiger partial charge in [0.25, 0.3) is 0 Å². The van der Waals surface area contributed by atoms with Crippen LogP contribution in [-0.4, -0.2) is 6.54 Å². The molecule has 0 saturated carbocycles. The SMILES string of the molecule is CCCNC(c1ccc(F)c(Br)c1)c1ccccc1F. The highest BCUT2D eigenvalue weighted by Crippen LogP contribution is 2.27. The van der Waals surface area contributed by atoms with Crippen molar-refractivity contribution in [3.05, 3.63) is 69.7 Å². The quantitative estimate of drug-likeness (QED) is 0.823. The molecular weight excluding hydrogens is 324 g/mol. The van der Waals surface area contributed by atoms with Crippen LogP contribution in [-0.2, 0) is 0 Å². The Kier molecular flexibility index (Phi) is 5.26. The lowest BCUT2D eigenvalue weighted by molar-refractivity contribution is 0.545. The summed E-state index contributed by atoms with van der Waals surface area (Å²) in [6.45, 7) is 2.81. The van der Waals surface area contributed by atoms with Gasteiger partial charge in [-0.25, -0.2) is 8.78 Å². The molecule has 20 heavy (non-hydrogen) atoms. The molecule has 4 heteroatoms. The van der Waals surface area contributed by atoms with Gasteiger partial charge < -0.3 is 5.32 Å². The first-order chi connectivity index (χ1) is 9.63. The molecular formula is C16H16BrF2N. The Morgan fingerprint density at radius 2 is 1.85 bits per heavy atom. The van der Waals surface area contributed by atoms with Crippen LogP contribution in [0.4, 0.5) is 8.78 Å². The molecule has 2 aromatic carbocycles. The number of hydrogen-bond acceptors (Lipinski definition) is 1. The van der Waals surface area contributed by atoms with E-state index in [1.807, 2.05) is 6.92 Å². The number of halogens is 3. The van der Waals surface area contributed by atoms with Crippen LogP contribution in [0.25, 0.3) is 0 Å². The summed E-state index contributed by atoms with van der Waals surface area (Å²) in [7, 11) is 0. The van der Waals surface area contributed by atoms with Crippen LogP contribution < -0.4 is 5.32 Å². The van der Waals surface area contributed by atoms with Crippen molar-refractivity contribution < 1.29 is 8.78 Å². The monoisotopic (exact) mass is 339 g/mol. The van der Waals surface area contributed by atoms with Crippen LogP contribution in [0, 0.1) is 11.6 Å². The number of rotatable bonds is 5. The Balaban J connectivity index is 2.41. The Morgan fingerprint density at radius 3 is 2.50 bits per heavy atom. The van der Waals surface area contributed by atoms with E-state index >= 15 is 0 Å². The van der Waals surface area contributed by atoms with E-state index in [9.17, 15) is 8.78 Å². The fourth-order valence-corrected chi connectivity index (χ4v) is 2.49. The molecule has 0 aromatic heterocycles. The minimum atomic E-state index is -0.323. The highest BCUT2D eigenvalue weighted by Gasteiger charge is 2.17. The highest BCUT2D eigenvalue weighted by molar-refractivity contribution is 9.10. The second-order valence-electron chi connectivity index (χ2n) is 4.58. The predicted molar refractivity (Wildman–Crippen MR) is 80.6 cm³/mol. The molecule has 0 aliphatic heterocycles. The van der Waals surface area contributed by atoms with Crippen molar-refractivity contribution in [3.8, 4) is 0 Å². The summed E-state index contributed by atoms with van der Waals surface area (Å²) >= 11 is 3.18. The van der Waals surface area contributed by atoms with E-state index in [0.717, 1.165) is 18.5 Å². The molecule has 0 saturated heterocycles. The van der Waals surface area contributed by atoms with E-state index in [-0.39, 0.29) is 17.7 Å². The summed E-state index contributed by atoms with van der Waals surface area (Å²) in [5.74, 6) is -0.585. The van der Waals surface area contributed by atoms with Gasteiger partial charge in [0.05, 0.1) is 10.5 Å². The maximum absolute atomic E-state index is 14.0. The van der Waals surface area contributed by atoms with E-state index in [4.69, 9.17) is 0 Å². The van der Waals surface area contributed by atoms with E-state index in [1.165, 1.54) is 12.1 Å². The smallest absolute Gasteiger partial charge is 0.137 e. The van der Waals surface area contributed by atoms with Gasteiger partial charge in [-0.3, -0.25) is 0 Å². The van der Waals surface area contributed by atoms with Crippen molar-refractivity contribution in [2.24, 2.45) is 0 Å². The fourth-order valence-electron chi connectivity index (χ4n) is 2.10. The lowest BCUT2D eigenvalue weighted by atomic mass is 9.98. The molecule has 0 spiro atoms. The van der Waals surface area contributed by atoms with Crippen LogP contribution in [0.3, 0.4) is 0 Å². The zero-order valence-corrected chi connectivity index (χ0v) is 12.8. The second-order valence-corrected chi connectivity index (χ2v) is 5.44. The van der Waals surface area contributed by atoms with Gasteiger partial charge in [0.15, 0.2) is 0 Å². The summed E-state index contributed by atoms with van der Waals surface area (Å²) in [5, 5.41) is 3.31. The Hall–Kier alpha value is -1.26. The summed E-state index contributed by atoms with van der Waals surface area (Å²) in [5.41, 5.74) is 1.40. The van der Waals surface area contributed by atoms with Crippen LogP contribution in [0.5, 0.6) is 0 Å². The Bertz CT molecular complexity index is 586. The first-order valence-electron chi connectivity index (χ1n) is 6.56. The summed E-state index contributed by atoms with van der Waals surface area (Å²) in [4.78, 5) is 0. The van der Waals surface area contributed by atoms with E-state index in [1.54, 1.807) is 30.3 Å². The number of hydrogen-bond donors (Lipinski definition) is 1. The molecule has 0 radical (unpaired) electrons. The zero-order valence-electron chi connectivity index (χ0n) is 11.2. The van der Waals surface area contributed by atoms with Gasteiger partial charge in [-0.05, 0) is 52.7 Å². The number of benzene rings is 2. The van der Waals surface area contributed by atoms with Crippen molar-refractivity contribution in [3.63, 3.8) is 0 Å². The molecule has 2 aromatic rings. The average Bonchev–Trinajstić information content (AvgIpc) is 2.44. The minimum absolute atomic E-state index is 0.262. The second kappa shape index (κ2) is 6.95. The minimum Gasteiger partial charge on any atom is -0.306 e. The van der Waals surface area contributed by atoms with Crippen molar-refractivity contribution in [1.29, 1.82) is 0 Å². The maximum Gasteiger partial charge on any atom is 0.137 e. The summed E-state index contributed by atoms with van der Waals surface area (Å²) in [6, 6.07) is 11.1. The predicted octanol–water partition coefficient (Wildman–Crippen LogP) is 4.82. The van der Waals surface area contributed by atoms with Gasteiger partial charge in [0.2, 0.25) is 0 Å². The molecule has 0 heterocycles. The van der Waals surface area contributed by atoms with Crippen molar-refractivity contribution in [2.75, 3.05) is 6.54 Å². The molecule has 106 valence electrons. The Morgan fingerprint density at radius 1 is 1.10 bits per heavy atom. The third-order valence-corrected chi connectivity index (χ3v) is 3.70. The largest absolute Gasteiger partial charge is 0.306 e. The summed E-state index contributed by atoms with van der Waals surface area (Å²) in [6.07, 6.45) is 0.938. The fraction of sp³-hybridized carbons (Fsp3) is 0.250. The normalized spacial score (nSPS) is 12.4. The standard InChI is InChI=1S/C16H16BrF2N/c1-2-9-20-16(12-5-3-4-6-14(12)18)11-7-8-15(19)13(17)10-11/h3-8,10,16,20H,2,9H2,1H3. The summed E-state index contributed by atoms with van der Waals surface area (Å²) < 4.78 is 27.7. The lowest BCUT2D eigenvalue weighted by Crippen LogP contribution is -2.24. The van der Waals surface area contributed by atoms with E-state index in [0.29, 0.717) is 10.0 Å². The third-order valence-electron chi connectivity index (χ3n) is 3.09. The molecule has 0 aliphatic carbocycles. The van der Waals surface area contributed by atoms with Crippen LogP contribution >= 0.6 is 15.9 Å². The molecule has 1 atom stereocenters. The van der Waals surface area contributed by atoms with Gasteiger partial charge in [-0.15, -0.1) is 0 Å². The molecule has 0 fully saturated rings. The molecule has 2 rings (SSSR count). The first kappa shape index (κ1) is 15.1. The van der Waals surface area contributed by atoms with Crippen LogP contribution in [0.2, 0.25) is 0 Å². The van der Waals surface area contributed by atoms with Crippen LogP contribution in [0.1, 0.15) is 30.5 Å². The molecule has 0 bridgehead atoms. The van der Waals surface area contributed by atoms with E-state index < -0.39 is 0 Å². The Labute approximate surface area is 126 Å². The van der Waals surface area contributed by atoms with Gasteiger partial charge in [0.1, 0.15) is 11.6 Å². The van der Waals surface area contributed by atoms with Gasteiger partial charge in [-0.2, -0.15) is 0 Å². The lowest BCUT2D eigenvalue weighted by Gasteiger charge is -2.20. The van der Waals surface area contributed by atoms with Crippen molar-refractivity contribution in [2.45, 2.75) is 19.4 Å². The third kappa shape index (κ3) is 3.44. The molecule has 1 unspecified atom stereocenters. The maximum atomic E-state index is 14.0. The van der Waals surface area contributed by atoms with Gasteiger partial charge >= 0.3 is 0 Å². The average molecular weight is 340 g/mol. The highest BCUT2D eigenvalue weighted by atomic mass is 79.9. The zero-order chi connectivity index (χ0) is 14.5. The van der Waals surface area contributed by atoms with Gasteiger partial charge in [-0.1, -0.05) is 31.2 Å². The topological polar surface area (TPSA) is 12.0 Å². The van der Waals surface area contributed by atoms with E-state index in [2.05, 4.69) is 21.2 Å². The molecule has 1 N–H and O–H groups in total. The van der Waals surface area contributed by atoms with Crippen molar-refractivity contribution in [1.82, 2.24) is 5.32 Å². The van der Waals surface area contributed by atoms with Crippen LogP contribution in [0.15, 0.2) is 46.9 Å². The molecule has 0 amide bonds. The van der Waals surface area contributed by atoms with Gasteiger partial charge in [0, 0.05) is 5.56 Å². The number of nitrogens with one attached hydrogen (secondary N) is 1. The molecule has 1 nitrogen and oxygen atoms in total. The molecule has 0 aliphatic rings. The first-order valence-corrected chi connectivity index (χ1v) is 7.35. The van der Waals surface area contributed by atoms with Crippen molar-refractivity contribution >= 4 is 15.9 Å².